The molecule has 1 aliphatic rings. The zero-order valence-electron chi connectivity index (χ0n) is 9.95. The van der Waals surface area contributed by atoms with Crippen LogP contribution in [-0.2, 0) is 6.42 Å². The van der Waals surface area contributed by atoms with Crippen LogP contribution in [0.5, 0.6) is 0 Å². The molecule has 0 saturated carbocycles. The number of nitrogens with zero attached hydrogens (tertiary/aromatic N) is 2. The van der Waals surface area contributed by atoms with Crippen LogP contribution in [0.15, 0.2) is 12.3 Å². The van der Waals surface area contributed by atoms with Crippen molar-refractivity contribution in [2.45, 2.75) is 51.6 Å². The molecule has 15 heavy (non-hydrogen) atoms. The van der Waals surface area contributed by atoms with Crippen LogP contribution >= 0.6 is 0 Å². The summed E-state index contributed by atoms with van der Waals surface area (Å²) < 4.78 is 2.04. The van der Waals surface area contributed by atoms with Crippen LogP contribution in [0.25, 0.3) is 0 Å². The molecule has 1 N–H and O–H groups in total. The molecule has 3 heteroatoms. The van der Waals surface area contributed by atoms with Gasteiger partial charge in [0.2, 0.25) is 0 Å². The molecule has 1 unspecified atom stereocenters. The Kier molecular flexibility index (Phi) is 2.83. The van der Waals surface area contributed by atoms with Gasteiger partial charge in [-0.25, -0.2) is 0 Å². The Morgan fingerprint density at radius 1 is 1.60 bits per heavy atom. The SMILES string of the molecule is CC(C)n1ccc(CC2(C)CCCN2)n1. The van der Waals surface area contributed by atoms with Crippen LogP contribution in [0.1, 0.15) is 45.3 Å². The standard InChI is InChI=1S/C12H21N3/c1-10(2)15-8-5-11(14-15)9-12(3)6-4-7-13-12/h5,8,10,13H,4,6-7,9H2,1-3H3. The number of aromatic nitrogens is 2. The first-order chi connectivity index (χ1) is 7.09. The first-order valence-electron chi connectivity index (χ1n) is 5.88. The monoisotopic (exact) mass is 207 g/mol. The van der Waals surface area contributed by atoms with E-state index in [2.05, 4.69) is 43.4 Å². The van der Waals surface area contributed by atoms with Gasteiger partial charge in [-0.05, 0) is 46.2 Å². The Morgan fingerprint density at radius 3 is 2.93 bits per heavy atom. The van der Waals surface area contributed by atoms with Crippen LogP contribution < -0.4 is 5.32 Å². The molecule has 1 fully saturated rings. The van der Waals surface area contributed by atoms with Gasteiger partial charge >= 0.3 is 0 Å². The average molecular weight is 207 g/mol. The summed E-state index contributed by atoms with van der Waals surface area (Å²) in [7, 11) is 0. The van der Waals surface area contributed by atoms with Crippen LogP contribution in [0, 0.1) is 0 Å². The van der Waals surface area contributed by atoms with E-state index in [1.807, 2.05) is 4.68 Å². The van der Waals surface area contributed by atoms with E-state index < -0.39 is 0 Å². The summed E-state index contributed by atoms with van der Waals surface area (Å²) in [5.74, 6) is 0. The molecule has 0 spiro atoms. The van der Waals surface area contributed by atoms with Gasteiger partial charge in [-0.1, -0.05) is 0 Å². The fourth-order valence-corrected chi connectivity index (χ4v) is 2.27. The van der Waals surface area contributed by atoms with Crippen molar-refractivity contribution in [2.75, 3.05) is 6.54 Å². The van der Waals surface area contributed by atoms with E-state index >= 15 is 0 Å². The van der Waals surface area contributed by atoms with E-state index in [0.29, 0.717) is 6.04 Å². The van der Waals surface area contributed by atoms with Crippen molar-refractivity contribution in [2.24, 2.45) is 0 Å². The molecular weight excluding hydrogens is 186 g/mol. The van der Waals surface area contributed by atoms with E-state index in [1.54, 1.807) is 0 Å². The molecule has 3 nitrogen and oxygen atoms in total. The predicted molar refractivity (Wildman–Crippen MR) is 62.0 cm³/mol. The molecule has 2 heterocycles. The fraction of sp³-hybridized carbons (Fsp3) is 0.750. The number of hydrogen-bond acceptors (Lipinski definition) is 2. The van der Waals surface area contributed by atoms with Gasteiger partial charge in [-0.3, -0.25) is 4.68 Å². The Hall–Kier alpha value is -0.830. The molecule has 0 radical (unpaired) electrons. The summed E-state index contributed by atoms with van der Waals surface area (Å²) in [6.45, 7) is 7.77. The molecule has 0 bridgehead atoms. The van der Waals surface area contributed by atoms with Gasteiger partial charge in [0.05, 0.1) is 5.69 Å². The van der Waals surface area contributed by atoms with Gasteiger partial charge in [0, 0.05) is 24.2 Å². The molecule has 2 rings (SSSR count). The van der Waals surface area contributed by atoms with Gasteiger partial charge < -0.3 is 5.32 Å². The van der Waals surface area contributed by atoms with Crippen molar-refractivity contribution in [3.8, 4) is 0 Å². The third-order valence-corrected chi connectivity index (χ3v) is 3.22. The van der Waals surface area contributed by atoms with Crippen LogP contribution in [0.2, 0.25) is 0 Å². The number of nitrogens with one attached hydrogen (secondary N) is 1. The van der Waals surface area contributed by atoms with Crippen molar-refractivity contribution >= 4 is 0 Å². The zero-order valence-corrected chi connectivity index (χ0v) is 9.95. The van der Waals surface area contributed by atoms with E-state index in [-0.39, 0.29) is 5.54 Å². The quantitative estimate of drug-likeness (QED) is 0.823. The van der Waals surface area contributed by atoms with Crippen molar-refractivity contribution in [1.29, 1.82) is 0 Å². The number of hydrogen-bond donors (Lipinski definition) is 1. The van der Waals surface area contributed by atoms with Crippen LogP contribution in [0.4, 0.5) is 0 Å². The van der Waals surface area contributed by atoms with Gasteiger partial charge in [-0.2, -0.15) is 5.10 Å². The van der Waals surface area contributed by atoms with E-state index in [0.717, 1.165) is 13.0 Å². The lowest BCUT2D eigenvalue weighted by Crippen LogP contribution is -2.38. The molecule has 1 atom stereocenters. The van der Waals surface area contributed by atoms with Crippen LogP contribution in [0.3, 0.4) is 0 Å². The second kappa shape index (κ2) is 3.97. The van der Waals surface area contributed by atoms with E-state index in [4.69, 9.17) is 0 Å². The topological polar surface area (TPSA) is 29.9 Å². The third kappa shape index (κ3) is 2.40. The molecule has 84 valence electrons. The van der Waals surface area contributed by atoms with Crippen LogP contribution in [-0.4, -0.2) is 21.9 Å². The normalized spacial score (nSPS) is 26.4. The van der Waals surface area contributed by atoms with Gasteiger partial charge in [0.15, 0.2) is 0 Å². The lowest BCUT2D eigenvalue weighted by molar-refractivity contribution is 0.404. The summed E-state index contributed by atoms with van der Waals surface area (Å²) in [5.41, 5.74) is 1.48. The third-order valence-electron chi connectivity index (χ3n) is 3.22. The minimum absolute atomic E-state index is 0.274. The summed E-state index contributed by atoms with van der Waals surface area (Å²) in [4.78, 5) is 0. The molecule has 0 aliphatic carbocycles. The summed E-state index contributed by atoms with van der Waals surface area (Å²) in [5, 5.41) is 8.17. The smallest absolute Gasteiger partial charge is 0.0642 e. The Balaban J connectivity index is 2.04. The first-order valence-corrected chi connectivity index (χ1v) is 5.88. The van der Waals surface area contributed by atoms with E-state index in [9.17, 15) is 0 Å². The second-order valence-corrected chi connectivity index (χ2v) is 5.15. The Bertz CT molecular complexity index is 321. The van der Waals surface area contributed by atoms with Gasteiger partial charge in [-0.15, -0.1) is 0 Å². The fourth-order valence-electron chi connectivity index (χ4n) is 2.27. The minimum atomic E-state index is 0.274. The summed E-state index contributed by atoms with van der Waals surface area (Å²) in [6, 6.07) is 2.61. The Labute approximate surface area is 91.9 Å². The molecule has 1 saturated heterocycles. The highest BCUT2D eigenvalue weighted by atomic mass is 15.3. The minimum Gasteiger partial charge on any atom is -0.311 e. The highest BCUT2D eigenvalue weighted by molar-refractivity contribution is 5.07. The van der Waals surface area contributed by atoms with Crippen molar-refractivity contribution < 1.29 is 0 Å². The lowest BCUT2D eigenvalue weighted by atomic mass is 9.94. The molecular formula is C12H21N3. The van der Waals surface area contributed by atoms with Crippen molar-refractivity contribution in [1.82, 2.24) is 15.1 Å². The maximum absolute atomic E-state index is 4.60. The van der Waals surface area contributed by atoms with Gasteiger partial charge in [0.1, 0.15) is 0 Å². The largest absolute Gasteiger partial charge is 0.311 e. The van der Waals surface area contributed by atoms with Gasteiger partial charge in [0.25, 0.3) is 0 Å². The van der Waals surface area contributed by atoms with Crippen molar-refractivity contribution in [3.63, 3.8) is 0 Å². The average Bonchev–Trinajstić information content (AvgIpc) is 2.75. The lowest BCUT2D eigenvalue weighted by Gasteiger charge is -2.22. The second-order valence-electron chi connectivity index (χ2n) is 5.15. The predicted octanol–water partition coefficient (Wildman–Crippen LogP) is 2.15. The first kappa shape index (κ1) is 10.7. The maximum Gasteiger partial charge on any atom is 0.0642 e. The molecule has 1 aliphatic heterocycles. The summed E-state index contributed by atoms with van der Waals surface area (Å²) in [6.07, 6.45) is 5.69. The highest BCUT2D eigenvalue weighted by Crippen LogP contribution is 2.22. The van der Waals surface area contributed by atoms with E-state index in [1.165, 1.54) is 18.5 Å². The molecule has 1 aromatic heterocycles. The summed E-state index contributed by atoms with van der Waals surface area (Å²) >= 11 is 0. The number of rotatable bonds is 3. The zero-order chi connectivity index (χ0) is 10.9. The molecule has 1 aromatic rings. The van der Waals surface area contributed by atoms with Crippen molar-refractivity contribution in [3.05, 3.63) is 18.0 Å². The maximum atomic E-state index is 4.60. The molecule has 0 amide bonds. The highest BCUT2D eigenvalue weighted by Gasteiger charge is 2.28. The molecule has 0 aromatic carbocycles. The Morgan fingerprint density at radius 2 is 2.40 bits per heavy atom.